The third-order valence-electron chi connectivity index (χ3n) is 3.88. The van der Waals surface area contributed by atoms with E-state index in [1.54, 1.807) is 7.11 Å². The quantitative estimate of drug-likeness (QED) is 0.936. The van der Waals surface area contributed by atoms with Crippen LogP contribution in [0, 0.1) is 0 Å². The van der Waals surface area contributed by atoms with Crippen molar-refractivity contribution < 1.29 is 4.74 Å². The Balaban J connectivity index is 1.99. The highest BCUT2D eigenvalue weighted by Gasteiger charge is 2.22. The minimum atomic E-state index is 0.841. The molecule has 0 bridgehead atoms. The summed E-state index contributed by atoms with van der Waals surface area (Å²) in [5.41, 5.74) is 4.78. The lowest BCUT2D eigenvalue weighted by Gasteiger charge is -2.25. The van der Waals surface area contributed by atoms with E-state index in [0.29, 0.717) is 0 Å². The number of ether oxygens (including phenoxy) is 1. The van der Waals surface area contributed by atoms with Crippen molar-refractivity contribution in [1.29, 1.82) is 0 Å². The number of hydrogen-bond acceptors (Lipinski definition) is 3. The molecule has 0 amide bonds. The number of hydrogen-bond donors (Lipinski definition) is 1. The average Bonchev–Trinajstić information content (AvgIpc) is 2.89. The van der Waals surface area contributed by atoms with Gasteiger partial charge in [0.15, 0.2) is 0 Å². The zero-order chi connectivity index (χ0) is 14.1. The number of rotatable bonds is 3. The van der Waals surface area contributed by atoms with Crippen LogP contribution in [-0.4, -0.2) is 35.3 Å². The maximum atomic E-state index is 5.28. The summed E-state index contributed by atoms with van der Waals surface area (Å²) in [6, 6.07) is 6.10. The number of aromatic amines is 1. The number of halogens is 1. The summed E-state index contributed by atoms with van der Waals surface area (Å²) in [5, 5.41) is 7.71. The van der Waals surface area contributed by atoms with E-state index in [2.05, 4.69) is 50.1 Å². The standard InChI is InChI=1S/C15H18BrN3O/c1-3-19-7-6-13-11(9-19)15(18-17-13)10-4-5-14(20-2)12(16)8-10/h4-5,8H,3,6-7,9H2,1-2H3,(H,17,18). The first-order chi connectivity index (χ1) is 9.72. The molecular formula is C15H18BrN3O. The van der Waals surface area contributed by atoms with E-state index in [9.17, 15) is 0 Å². The fourth-order valence-corrected chi connectivity index (χ4v) is 3.21. The molecule has 0 radical (unpaired) electrons. The lowest BCUT2D eigenvalue weighted by atomic mass is 10.0. The van der Waals surface area contributed by atoms with Crippen LogP contribution in [0.5, 0.6) is 5.75 Å². The molecular weight excluding hydrogens is 318 g/mol. The summed E-state index contributed by atoms with van der Waals surface area (Å²) < 4.78 is 6.24. The minimum Gasteiger partial charge on any atom is -0.496 e. The van der Waals surface area contributed by atoms with Crippen LogP contribution >= 0.6 is 15.9 Å². The first kappa shape index (κ1) is 13.6. The van der Waals surface area contributed by atoms with Crippen molar-refractivity contribution in [2.24, 2.45) is 0 Å². The topological polar surface area (TPSA) is 41.2 Å². The largest absolute Gasteiger partial charge is 0.496 e. The molecule has 2 aromatic rings. The van der Waals surface area contributed by atoms with E-state index < -0.39 is 0 Å². The van der Waals surface area contributed by atoms with Gasteiger partial charge in [0.05, 0.1) is 17.3 Å². The van der Waals surface area contributed by atoms with Crippen molar-refractivity contribution in [3.05, 3.63) is 33.9 Å². The average molecular weight is 336 g/mol. The molecule has 3 rings (SSSR count). The zero-order valence-corrected chi connectivity index (χ0v) is 13.3. The number of H-pyrrole nitrogens is 1. The van der Waals surface area contributed by atoms with E-state index in [-0.39, 0.29) is 0 Å². The number of fused-ring (bicyclic) bond motifs is 1. The predicted molar refractivity (Wildman–Crippen MR) is 82.9 cm³/mol. The molecule has 1 N–H and O–H groups in total. The number of benzene rings is 1. The number of likely N-dealkylation sites (N-methyl/N-ethyl adjacent to an activating group) is 1. The van der Waals surface area contributed by atoms with E-state index in [1.165, 1.54) is 11.3 Å². The van der Waals surface area contributed by atoms with Crippen molar-refractivity contribution in [2.75, 3.05) is 20.2 Å². The van der Waals surface area contributed by atoms with Crippen LogP contribution in [0.2, 0.25) is 0 Å². The summed E-state index contributed by atoms with van der Waals surface area (Å²) >= 11 is 3.54. The fourth-order valence-electron chi connectivity index (χ4n) is 2.67. The maximum Gasteiger partial charge on any atom is 0.133 e. The van der Waals surface area contributed by atoms with Gasteiger partial charge in [0.2, 0.25) is 0 Å². The highest BCUT2D eigenvalue weighted by molar-refractivity contribution is 9.10. The van der Waals surface area contributed by atoms with Crippen molar-refractivity contribution in [2.45, 2.75) is 19.9 Å². The second-order valence-electron chi connectivity index (χ2n) is 5.00. The molecule has 5 heteroatoms. The molecule has 106 valence electrons. The van der Waals surface area contributed by atoms with E-state index in [4.69, 9.17) is 4.74 Å². The first-order valence-electron chi connectivity index (χ1n) is 6.85. The van der Waals surface area contributed by atoms with Gasteiger partial charge in [-0.3, -0.25) is 10.00 Å². The second kappa shape index (κ2) is 5.58. The molecule has 0 spiro atoms. The molecule has 1 aliphatic rings. The van der Waals surface area contributed by atoms with Crippen LogP contribution in [0.4, 0.5) is 0 Å². The maximum absolute atomic E-state index is 5.28. The molecule has 0 atom stereocenters. The van der Waals surface area contributed by atoms with Crippen molar-refractivity contribution in [1.82, 2.24) is 15.1 Å². The molecule has 1 aromatic heterocycles. The van der Waals surface area contributed by atoms with Crippen LogP contribution in [-0.2, 0) is 13.0 Å². The fraction of sp³-hybridized carbons (Fsp3) is 0.400. The van der Waals surface area contributed by atoms with Gasteiger partial charge in [0.1, 0.15) is 5.75 Å². The lowest BCUT2D eigenvalue weighted by molar-refractivity contribution is 0.267. The van der Waals surface area contributed by atoms with Crippen molar-refractivity contribution >= 4 is 15.9 Å². The van der Waals surface area contributed by atoms with Crippen LogP contribution in [0.1, 0.15) is 18.2 Å². The Bertz CT molecular complexity index is 624. The second-order valence-corrected chi connectivity index (χ2v) is 5.85. The van der Waals surface area contributed by atoms with Gasteiger partial charge in [-0.25, -0.2) is 0 Å². The van der Waals surface area contributed by atoms with E-state index in [1.807, 2.05) is 6.07 Å². The molecule has 0 saturated heterocycles. The zero-order valence-electron chi connectivity index (χ0n) is 11.7. The van der Waals surface area contributed by atoms with E-state index in [0.717, 1.165) is 47.5 Å². The Labute approximate surface area is 127 Å². The van der Waals surface area contributed by atoms with Crippen molar-refractivity contribution in [3.63, 3.8) is 0 Å². The molecule has 4 nitrogen and oxygen atoms in total. The Kier molecular flexibility index (Phi) is 3.81. The van der Waals surface area contributed by atoms with Gasteiger partial charge in [-0.15, -0.1) is 0 Å². The lowest BCUT2D eigenvalue weighted by Crippen LogP contribution is -2.30. The SMILES string of the molecule is CCN1CCc2[nH]nc(-c3ccc(OC)c(Br)c3)c2C1. The number of methoxy groups -OCH3 is 1. The van der Waals surface area contributed by atoms with Crippen LogP contribution in [0.25, 0.3) is 11.3 Å². The third-order valence-corrected chi connectivity index (χ3v) is 4.50. The summed E-state index contributed by atoms with van der Waals surface area (Å²) in [4.78, 5) is 2.44. The van der Waals surface area contributed by atoms with Crippen LogP contribution < -0.4 is 4.74 Å². The molecule has 0 unspecified atom stereocenters. The monoisotopic (exact) mass is 335 g/mol. The highest BCUT2D eigenvalue weighted by atomic mass is 79.9. The summed E-state index contributed by atoms with van der Waals surface area (Å²) in [7, 11) is 1.68. The van der Waals surface area contributed by atoms with E-state index >= 15 is 0 Å². The minimum absolute atomic E-state index is 0.841. The first-order valence-corrected chi connectivity index (χ1v) is 7.64. The number of nitrogens with one attached hydrogen (secondary N) is 1. The van der Waals surface area contributed by atoms with Gasteiger partial charge in [-0.2, -0.15) is 5.10 Å². The summed E-state index contributed by atoms with van der Waals surface area (Å²) in [6.45, 7) is 5.36. The molecule has 0 saturated carbocycles. The Hall–Kier alpha value is -1.33. The normalized spacial score (nSPS) is 15.2. The van der Waals surface area contributed by atoms with Gasteiger partial charge >= 0.3 is 0 Å². The third kappa shape index (κ3) is 2.36. The predicted octanol–water partition coefficient (Wildman–Crippen LogP) is 3.23. The summed E-state index contributed by atoms with van der Waals surface area (Å²) in [5.74, 6) is 0.841. The number of nitrogens with zero attached hydrogens (tertiary/aromatic N) is 2. The van der Waals surface area contributed by atoms with Gasteiger partial charge < -0.3 is 4.74 Å². The van der Waals surface area contributed by atoms with Gasteiger partial charge in [0, 0.05) is 36.3 Å². The Morgan fingerprint density at radius 2 is 2.30 bits per heavy atom. The smallest absolute Gasteiger partial charge is 0.133 e. The Morgan fingerprint density at radius 1 is 1.45 bits per heavy atom. The van der Waals surface area contributed by atoms with Crippen molar-refractivity contribution in [3.8, 4) is 17.0 Å². The van der Waals surface area contributed by atoms with Crippen LogP contribution in [0.3, 0.4) is 0 Å². The van der Waals surface area contributed by atoms with Gasteiger partial charge in [-0.05, 0) is 40.7 Å². The summed E-state index contributed by atoms with van der Waals surface area (Å²) in [6.07, 6.45) is 1.05. The number of aromatic nitrogens is 2. The molecule has 0 aliphatic carbocycles. The molecule has 0 fully saturated rings. The van der Waals surface area contributed by atoms with Gasteiger partial charge in [0.25, 0.3) is 0 Å². The molecule has 20 heavy (non-hydrogen) atoms. The molecule has 1 aliphatic heterocycles. The molecule has 2 heterocycles. The molecule has 1 aromatic carbocycles. The highest BCUT2D eigenvalue weighted by Crippen LogP contribution is 2.33. The van der Waals surface area contributed by atoms with Crippen LogP contribution in [0.15, 0.2) is 22.7 Å². The van der Waals surface area contributed by atoms with Gasteiger partial charge in [-0.1, -0.05) is 6.92 Å². The Morgan fingerprint density at radius 3 is 3.00 bits per heavy atom.